The van der Waals surface area contributed by atoms with Crippen LogP contribution in [0.3, 0.4) is 0 Å². The number of fused-ring (bicyclic) bond motifs is 1. The van der Waals surface area contributed by atoms with Crippen molar-refractivity contribution in [1.82, 2.24) is 9.62 Å². The molecule has 2 aromatic carbocycles. The van der Waals surface area contributed by atoms with E-state index in [1.165, 1.54) is 17.7 Å². The highest BCUT2D eigenvalue weighted by Crippen LogP contribution is 2.24. The fourth-order valence-corrected chi connectivity index (χ4v) is 5.75. The van der Waals surface area contributed by atoms with Crippen molar-refractivity contribution >= 4 is 27.1 Å². The second-order valence-corrected chi connectivity index (χ2v) is 12.5. The Kier molecular flexibility index (Phi) is 9.39. The van der Waals surface area contributed by atoms with E-state index in [4.69, 9.17) is 13.9 Å². The SMILES string of the molecule is COC(CN(CC(C)C)S(=O)(=O)c1ccc2occc2c1)C(Cc1ccccc1)NC(=O)OC(C)(C)C. The third-order valence-corrected chi connectivity index (χ3v) is 7.59. The average molecular weight is 531 g/mol. The van der Waals surface area contributed by atoms with Crippen molar-refractivity contribution in [3.63, 3.8) is 0 Å². The first-order valence-corrected chi connectivity index (χ1v) is 13.9. The molecule has 2 unspecified atom stereocenters. The van der Waals surface area contributed by atoms with E-state index >= 15 is 0 Å². The zero-order valence-corrected chi connectivity index (χ0v) is 23.2. The summed E-state index contributed by atoms with van der Waals surface area (Å²) in [5.74, 6) is 0.0660. The van der Waals surface area contributed by atoms with Gasteiger partial charge in [-0.2, -0.15) is 4.31 Å². The number of nitrogens with zero attached hydrogens (tertiary/aromatic N) is 1. The average Bonchev–Trinajstić information content (AvgIpc) is 3.28. The molecular weight excluding hydrogens is 492 g/mol. The first kappa shape index (κ1) is 28.7. The van der Waals surface area contributed by atoms with Crippen molar-refractivity contribution in [3.05, 3.63) is 66.4 Å². The van der Waals surface area contributed by atoms with Crippen molar-refractivity contribution in [2.24, 2.45) is 5.92 Å². The summed E-state index contributed by atoms with van der Waals surface area (Å²) in [6.45, 7) is 9.64. The molecule has 0 aliphatic rings. The Morgan fingerprint density at radius 1 is 1.05 bits per heavy atom. The molecule has 0 radical (unpaired) electrons. The number of carbonyl (C=O) groups excluding carboxylic acids is 1. The van der Waals surface area contributed by atoms with Gasteiger partial charge >= 0.3 is 6.09 Å². The number of furan rings is 1. The molecule has 0 saturated heterocycles. The lowest BCUT2D eigenvalue weighted by atomic mass is 10.0. The second-order valence-electron chi connectivity index (χ2n) is 10.6. The number of hydrogen-bond donors (Lipinski definition) is 1. The van der Waals surface area contributed by atoms with Crippen LogP contribution in [0.5, 0.6) is 0 Å². The van der Waals surface area contributed by atoms with E-state index in [1.54, 1.807) is 45.0 Å². The maximum atomic E-state index is 13.8. The summed E-state index contributed by atoms with van der Waals surface area (Å²) in [6, 6.07) is 15.7. The zero-order chi connectivity index (χ0) is 27.2. The normalized spacial score (nSPS) is 14.2. The number of sulfonamides is 1. The number of alkyl carbamates (subject to hydrolysis) is 1. The quantitative estimate of drug-likeness (QED) is 0.365. The minimum Gasteiger partial charge on any atom is -0.464 e. The number of rotatable bonds is 11. The van der Waals surface area contributed by atoms with Crippen LogP contribution < -0.4 is 5.32 Å². The van der Waals surface area contributed by atoms with E-state index in [9.17, 15) is 13.2 Å². The number of nitrogens with one attached hydrogen (secondary N) is 1. The van der Waals surface area contributed by atoms with Crippen LogP contribution in [0.2, 0.25) is 0 Å². The Morgan fingerprint density at radius 3 is 2.38 bits per heavy atom. The van der Waals surface area contributed by atoms with Gasteiger partial charge in [0, 0.05) is 25.6 Å². The van der Waals surface area contributed by atoms with Gasteiger partial charge in [0.15, 0.2) is 0 Å². The lowest BCUT2D eigenvalue weighted by Crippen LogP contribution is -2.52. The second kappa shape index (κ2) is 12.1. The van der Waals surface area contributed by atoms with E-state index in [1.807, 2.05) is 44.2 Å². The highest BCUT2D eigenvalue weighted by atomic mass is 32.2. The molecule has 0 aliphatic heterocycles. The van der Waals surface area contributed by atoms with Gasteiger partial charge in [0.25, 0.3) is 0 Å². The molecule has 1 heterocycles. The fraction of sp³-hybridized carbons (Fsp3) is 0.464. The van der Waals surface area contributed by atoms with Crippen LogP contribution in [0, 0.1) is 5.92 Å². The zero-order valence-electron chi connectivity index (χ0n) is 22.4. The van der Waals surface area contributed by atoms with Gasteiger partial charge in [0.1, 0.15) is 11.2 Å². The molecule has 1 aromatic heterocycles. The number of methoxy groups -OCH3 is 1. The van der Waals surface area contributed by atoms with Gasteiger partial charge < -0.3 is 19.2 Å². The summed E-state index contributed by atoms with van der Waals surface area (Å²) in [4.78, 5) is 12.9. The molecule has 0 fully saturated rings. The summed E-state index contributed by atoms with van der Waals surface area (Å²) in [7, 11) is -2.34. The number of hydrogen-bond acceptors (Lipinski definition) is 6. The molecule has 202 valence electrons. The third kappa shape index (κ3) is 8.05. The van der Waals surface area contributed by atoms with Crippen LogP contribution in [-0.2, 0) is 25.9 Å². The van der Waals surface area contributed by atoms with Gasteiger partial charge in [-0.05, 0) is 62.9 Å². The molecular formula is C28H38N2O6S. The standard InChI is InChI=1S/C28H38N2O6S/c1-20(2)18-30(37(32,33)23-12-13-25-22(17-23)14-15-35-25)19-26(34-6)24(16-21-10-8-7-9-11-21)29-27(31)36-28(3,4)5/h7-15,17,20,24,26H,16,18-19H2,1-6H3,(H,29,31). The molecule has 3 aromatic rings. The van der Waals surface area contributed by atoms with E-state index in [-0.39, 0.29) is 23.9 Å². The van der Waals surface area contributed by atoms with Gasteiger partial charge in [-0.25, -0.2) is 13.2 Å². The molecule has 2 atom stereocenters. The molecule has 8 nitrogen and oxygen atoms in total. The van der Waals surface area contributed by atoms with Gasteiger partial charge in [0.05, 0.1) is 23.3 Å². The number of amides is 1. The van der Waals surface area contributed by atoms with Crippen LogP contribution in [0.15, 0.2) is 70.2 Å². The van der Waals surface area contributed by atoms with E-state index in [0.717, 1.165) is 5.56 Å². The minimum atomic E-state index is -3.87. The molecule has 1 N–H and O–H groups in total. The van der Waals surface area contributed by atoms with Crippen molar-refractivity contribution < 1.29 is 27.1 Å². The van der Waals surface area contributed by atoms with E-state index in [2.05, 4.69) is 5.32 Å². The predicted octanol–water partition coefficient (Wildman–Crippen LogP) is 5.23. The Morgan fingerprint density at radius 2 is 1.76 bits per heavy atom. The van der Waals surface area contributed by atoms with Crippen molar-refractivity contribution in [1.29, 1.82) is 0 Å². The molecule has 1 amide bonds. The summed E-state index contributed by atoms with van der Waals surface area (Å²) in [6.07, 6.45) is 0.748. The third-order valence-electron chi connectivity index (χ3n) is 5.77. The Balaban J connectivity index is 1.92. The highest BCUT2D eigenvalue weighted by molar-refractivity contribution is 7.89. The van der Waals surface area contributed by atoms with Crippen LogP contribution in [-0.4, -0.2) is 56.8 Å². The Bertz CT molecular complexity index is 1260. The lowest BCUT2D eigenvalue weighted by Gasteiger charge is -2.33. The Labute approximate surface area is 220 Å². The number of ether oxygens (including phenoxy) is 2. The van der Waals surface area contributed by atoms with Gasteiger partial charge in [-0.15, -0.1) is 0 Å². The van der Waals surface area contributed by atoms with Crippen molar-refractivity contribution in [2.75, 3.05) is 20.2 Å². The highest BCUT2D eigenvalue weighted by Gasteiger charge is 2.33. The monoisotopic (exact) mass is 530 g/mol. The smallest absolute Gasteiger partial charge is 0.407 e. The Hall–Kier alpha value is -2.88. The van der Waals surface area contributed by atoms with Gasteiger partial charge in [-0.3, -0.25) is 0 Å². The van der Waals surface area contributed by atoms with Crippen molar-refractivity contribution in [3.8, 4) is 0 Å². The molecule has 0 aliphatic carbocycles. The van der Waals surface area contributed by atoms with Crippen LogP contribution in [0.25, 0.3) is 11.0 Å². The maximum absolute atomic E-state index is 13.8. The van der Waals surface area contributed by atoms with Gasteiger partial charge in [-0.1, -0.05) is 44.2 Å². The number of carbonyl (C=O) groups is 1. The predicted molar refractivity (Wildman–Crippen MR) is 144 cm³/mol. The molecule has 0 spiro atoms. The van der Waals surface area contributed by atoms with Gasteiger partial charge in [0.2, 0.25) is 10.0 Å². The first-order chi connectivity index (χ1) is 17.4. The van der Waals surface area contributed by atoms with E-state index in [0.29, 0.717) is 17.4 Å². The summed E-state index contributed by atoms with van der Waals surface area (Å²) in [5.41, 5.74) is 0.922. The molecule has 0 saturated carbocycles. The summed E-state index contributed by atoms with van der Waals surface area (Å²) in [5, 5.41) is 3.63. The van der Waals surface area contributed by atoms with Crippen LogP contribution in [0.4, 0.5) is 4.79 Å². The molecule has 9 heteroatoms. The number of benzene rings is 2. The first-order valence-electron chi connectivity index (χ1n) is 12.4. The van der Waals surface area contributed by atoms with Crippen LogP contribution >= 0.6 is 0 Å². The summed E-state index contributed by atoms with van der Waals surface area (Å²) >= 11 is 0. The van der Waals surface area contributed by atoms with Crippen LogP contribution in [0.1, 0.15) is 40.2 Å². The topological polar surface area (TPSA) is 98.1 Å². The van der Waals surface area contributed by atoms with Crippen molar-refractivity contribution in [2.45, 2.75) is 63.7 Å². The minimum absolute atomic E-state index is 0.0493. The molecule has 0 bridgehead atoms. The molecule has 37 heavy (non-hydrogen) atoms. The molecule has 3 rings (SSSR count). The van der Waals surface area contributed by atoms with E-state index < -0.39 is 33.9 Å². The lowest BCUT2D eigenvalue weighted by molar-refractivity contribution is 0.0278. The maximum Gasteiger partial charge on any atom is 0.407 e. The fourth-order valence-electron chi connectivity index (χ4n) is 4.10. The summed E-state index contributed by atoms with van der Waals surface area (Å²) < 4.78 is 45.7. The largest absolute Gasteiger partial charge is 0.464 e.